The molecule has 214 valence electrons. The van der Waals surface area contributed by atoms with Crippen molar-refractivity contribution in [3.05, 3.63) is 94.0 Å². The molecule has 10 heteroatoms. The quantitative estimate of drug-likeness (QED) is 0.298. The first kappa shape index (κ1) is 31.5. The van der Waals surface area contributed by atoms with Crippen LogP contribution in [0.25, 0.3) is 0 Å². The first-order valence-corrected chi connectivity index (χ1v) is 15.1. The second-order valence-electron chi connectivity index (χ2n) is 10.6. The van der Waals surface area contributed by atoms with Crippen LogP contribution < -0.4 is 9.62 Å². The van der Waals surface area contributed by atoms with Crippen LogP contribution >= 0.6 is 23.2 Å². The van der Waals surface area contributed by atoms with E-state index in [1.54, 1.807) is 67.6 Å². The average Bonchev–Trinajstić information content (AvgIpc) is 2.89. The van der Waals surface area contributed by atoms with Crippen LogP contribution in [0.1, 0.15) is 45.2 Å². The van der Waals surface area contributed by atoms with Gasteiger partial charge in [0.1, 0.15) is 12.6 Å². The summed E-state index contributed by atoms with van der Waals surface area (Å²) in [4.78, 5) is 28.9. The zero-order valence-corrected chi connectivity index (χ0v) is 25.6. The van der Waals surface area contributed by atoms with Gasteiger partial charge in [0.25, 0.3) is 10.0 Å². The molecule has 0 unspecified atom stereocenters. The zero-order valence-electron chi connectivity index (χ0n) is 23.3. The lowest BCUT2D eigenvalue weighted by Gasteiger charge is -2.34. The topological polar surface area (TPSA) is 86.8 Å². The molecule has 0 radical (unpaired) electrons. The molecule has 0 aliphatic carbocycles. The molecule has 40 heavy (non-hydrogen) atoms. The third-order valence-electron chi connectivity index (χ3n) is 6.15. The predicted molar refractivity (Wildman–Crippen MR) is 161 cm³/mol. The van der Waals surface area contributed by atoms with Crippen molar-refractivity contribution >= 4 is 50.7 Å². The van der Waals surface area contributed by atoms with E-state index in [2.05, 4.69) is 5.32 Å². The fourth-order valence-corrected chi connectivity index (χ4v) is 5.92. The van der Waals surface area contributed by atoms with E-state index in [1.165, 1.54) is 17.0 Å². The summed E-state index contributed by atoms with van der Waals surface area (Å²) in [6.07, 6.45) is 0.310. The summed E-state index contributed by atoms with van der Waals surface area (Å²) in [5.41, 5.74) is 1.40. The summed E-state index contributed by atoms with van der Waals surface area (Å²) < 4.78 is 28.7. The molecule has 0 aliphatic heterocycles. The van der Waals surface area contributed by atoms with Crippen molar-refractivity contribution in [2.45, 2.75) is 64.1 Å². The minimum Gasteiger partial charge on any atom is -0.350 e. The van der Waals surface area contributed by atoms with Crippen LogP contribution in [0.15, 0.2) is 77.7 Å². The minimum atomic E-state index is -4.12. The highest BCUT2D eigenvalue weighted by Crippen LogP contribution is 2.27. The summed E-state index contributed by atoms with van der Waals surface area (Å²) >= 11 is 12.3. The number of sulfonamides is 1. The van der Waals surface area contributed by atoms with E-state index < -0.39 is 34.1 Å². The van der Waals surface area contributed by atoms with Gasteiger partial charge in [-0.1, -0.05) is 72.1 Å². The second-order valence-corrected chi connectivity index (χ2v) is 13.3. The van der Waals surface area contributed by atoms with E-state index in [-0.39, 0.29) is 17.3 Å². The highest BCUT2D eigenvalue weighted by atomic mass is 35.5. The van der Waals surface area contributed by atoms with Crippen LogP contribution in [0.4, 0.5) is 5.69 Å². The van der Waals surface area contributed by atoms with Crippen molar-refractivity contribution in [1.82, 2.24) is 10.2 Å². The molecule has 2 amide bonds. The summed E-state index contributed by atoms with van der Waals surface area (Å²) in [6, 6.07) is 19.0. The van der Waals surface area contributed by atoms with Crippen molar-refractivity contribution in [2.24, 2.45) is 0 Å². The fourth-order valence-electron chi connectivity index (χ4n) is 4.17. The summed E-state index contributed by atoms with van der Waals surface area (Å²) in [5.74, 6) is -0.877. The first-order chi connectivity index (χ1) is 18.7. The fraction of sp³-hybridized carbons (Fsp3) is 0.333. The average molecular weight is 605 g/mol. The van der Waals surface area contributed by atoms with Gasteiger partial charge in [0.05, 0.1) is 20.6 Å². The Hall–Kier alpha value is -3.07. The molecule has 3 aromatic carbocycles. The molecule has 3 rings (SSSR count). The number of anilines is 1. The lowest BCUT2D eigenvalue weighted by molar-refractivity contribution is -0.141. The number of benzene rings is 3. The number of nitrogens with zero attached hydrogens (tertiary/aromatic N) is 2. The van der Waals surface area contributed by atoms with E-state index in [0.717, 1.165) is 9.87 Å². The third kappa shape index (κ3) is 7.99. The minimum absolute atomic E-state index is 0.0267. The maximum Gasteiger partial charge on any atom is 0.264 e. The van der Waals surface area contributed by atoms with Crippen molar-refractivity contribution in [1.29, 1.82) is 0 Å². The number of aryl methyl sites for hydroxylation is 1. The number of amides is 2. The SMILES string of the molecule is CC[C@@H](C(=O)NC(C)(C)C)N(Cc1ccc(Cl)c(Cl)c1)C(=O)CN(c1ccc(C)cc1)S(=O)(=O)c1ccccc1. The van der Waals surface area contributed by atoms with Crippen LogP contribution in [0.3, 0.4) is 0 Å². The van der Waals surface area contributed by atoms with Crippen molar-refractivity contribution in [3.8, 4) is 0 Å². The molecule has 0 bridgehead atoms. The van der Waals surface area contributed by atoms with Gasteiger partial charge in [0.2, 0.25) is 11.8 Å². The number of carbonyl (C=O) groups excluding carboxylic acids is 2. The lowest BCUT2D eigenvalue weighted by Crippen LogP contribution is -2.55. The molecule has 0 aromatic heterocycles. The standard InChI is InChI=1S/C30H35Cl2N3O4S/c1-6-27(29(37)33-30(3,4)5)34(19-22-14-17-25(31)26(32)18-22)28(36)20-35(23-15-12-21(2)13-16-23)40(38,39)24-10-8-7-9-11-24/h7-18,27H,6,19-20H2,1-5H3,(H,33,37)/t27-/m0/s1. The molecule has 3 aromatic rings. The van der Waals surface area contributed by atoms with Crippen LogP contribution in [-0.2, 0) is 26.2 Å². The Balaban J connectivity index is 2.07. The van der Waals surface area contributed by atoms with Crippen molar-refractivity contribution < 1.29 is 18.0 Å². The predicted octanol–water partition coefficient (Wildman–Crippen LogP) is 6.22. The van der Waals surface area contributed by atoms with Crippen molar-refractivity contribution in [2.75, 3.05) is 10.8 Å². The van der Waals surface area contributed by atoms with Crippen molar-refractivity contribution in [3.63, 3.8) is 0 Å². The maximum absolute atomic E-state index is 14.1. The number of halogens is 2. The first-order valence-electron chi connectivity index (χ1n) is 12.9. The van der Waals surface area contributed by atoms with Gasteiger partial charge in [-0.25, -0.2) is 8.42 Å². The number of carbonyl (C=O) groups is 2. The molecule has 0 aliphatic rings. The normalized spacial score (nSPS) is 12.5. The summed E-state index contributed by atoms with van der Waals surface area (Å²) in [5, 5.41) is 3.62. The molecule has 0 spiro atoms. The molecular weight excluding hydrogens is 569 g/mol. The number of hydrogen-bond acceptors (Lipinski definition) is 4. The third-order valence-corrected chi connectivity index (χ3v) is 8.68. The van der Waals surface area contributed by atoms with E-state index in [9.17, 15) is 18.0 Å². The van der Waals surface area contributed by atoms with Gasteiger partial charge >= 0.3 is 0 Å². The summed E-state index contributed by atoms with van der Waals surface area (Å²) in [7, 11) is -4.12. The highest BCUT2D eigenvalue weighted by molar-refractivity contribution is 7.92. The Morgan fingerprint density at radius 2 is 1.55 bits per heavy atom. The monoisotopic (exact) mass is 603 g/mol. The van der Waals surface area contributed by atoms with Crippen LogP contribution in [0.5, 0.6) is 0 Å². The van der Waals surface area contributed by atoms with Crippen LogP contribution in [0, 0.1) is 6.92 Å². The van der Waals surface area contributed by atoms with Gasteiger partial charge in [0.15, 0.2) is 0 Å². The Bertz CT molecular complexity index is 1440. The largest absolute Gasteiger partial charge is 0.350 e. The Morgan fingerprint density at radius 3 is 2.10 bits per heavy atom. The Morgan fingerprint density at radius 1 is 0.925 bits per heavy atom. The molecule has 0 fully saturated rings. The second kappa shape index (κ2) is 13.1. The lowest BCUT2D eigenvalue weighted by atomic mass is 10.1. The zero-order chi connectivity index (χ0) is 29.7. The molecule has 7 nitrogen and oxygen atoms in total. The van der Waals surface area contributed by atoms with Gasteiger partial charge in [-0.3, -0.25) is 13.9 Å². The van der Waals surface area contributed by atoms with Gasteiger partial charge in [-0.05, 0) is 76.1 Å². The molecular formula is C30H35Cl2N3O4S. The van der Waals surface area contributed by atoms with Crippen LogP contribution in [-0.4, -0.2) is 43.3 Å². The van der Waals surface area contributed by atoms with Gasteiger partial charge in [-0.15, -0.1) is 0 Å². The number of rotatable bonds is 10. The number of hydrogen-bond donors (Lipinski definition) is 1. The smallest absolute Gasteiger partial charge is 0.264 e. The number of nitrogens with one attached hydrogen (secondary N) is 1. The van der Waals surface area contributed by atoms with Gasteiger partial charge in [0, 0.05) is 12.1 Å². The van der Waals surface area contributed by atoms with E-state index in [1.807, 2.05) is 27.7 Å². The van der Waals surface area contributed by atoms with E-state index in [0.29, 0.717) is 27.7 Å². The van der Waals surface area contributed by atoms with E-state index >= 15 is 0 Å². The highest BCUT2D eigenvalue weighted by Gasteiger charge is 2.34. The van der Waals surface area contributed by atoms with Crippen LogP contribution in [0.2, 0.25) is 10.0 Å². The molecule has 1 atom stereocenters. The molecule has 0 saturated heterocycles. The summed E-state index contributed by atoms with van der Waals surface area (Å²) in [6.45, 7) is 8.78. The van der Waals surface area contributed by atoms with E-state index in [4.69, 9.17) is 23.2 Å². The molecule has 1 N–H and O–H groups in total. The van der Waals surface area contributed by atoms with Gasteiger partial charge < -0.3 is 10.2 Å². The maximum atomic E-state index is 14.1. The molecule has 0 saturated carbocycles. The van der Waals surface area contributed by atoms with Gasteiger partial charge in [-0.2, -0.15) is 0 Å². The molecule has 0 heterocycles. The Kier molecular flexibility index (Phi) is 10.3. The Labute approximate surface area is 247 Å².